The van der Waals surface area contributed by atoms with E-state index in [1.807, 2.05) is 0 Å². The molecule has 12 nitrogen and oxygen atoms in total. The number of phosphoric ester groups is 1. The maximum absolute atomic E-state index is 14.4. The number of rotatable bonds is 7. The van der Waals surface area contributed by atoms with Crippen LogP contribution >= 0.6 is 7.82 Å². The highest BCUT2D eigenvalue weighted by molar-refractivity contribution is 7.46. The van der Waals surface area contributed by atoms with Gasteiger partial charge in [0.15, 0.2) is 6.23 Å². The molecule has 1 aromatic carbocycles. The fourth-order valence-electron chi connectivity index (χ4n) is 3.84. The summed E-state index contributed by atoms with van der Waals surface area (Å²) in [7, 11) is -4.85. The zero-order chi connectivity index (χ0) is 25.3. The average molecular weight is 511 g/mol. The first kappa shape index (κ1) is 25.4. The molecule has 0 aliphatic carbocycles. The van der Waals surface area contributed by atoms with E-state index >= 15 is 0 Å². The number of nitrogens with zero attached hydrogens (tertiary/aromatic N) is 3. The van der Waals surface area contributed by atoms with E-state index in [4.69, 9.17) is 14.5 Å². The molecule has 5 N–H and O–H groups in total. The number of hydrogen-bond acceptors (Lipinski definition) is 9. The first-order chi connectivity index (χ1) is 16.5. The van der Waals surface area contributed by atoms with E-state index in [2.05, 4.69) is 9.51 Å². The predicted octanol–water partition coefficient (Wildman–Crippen LogP) is -0.123. The second-order valence-electron chi connectivity index (χ2n) is 7.93. The van der Waals surface area contributed by atoms with Crippen LogP contribution in [0.2, 0.25) is 0 Å². The molecule has 2 aromatic rings. The van der Waals surface area contributed by atoms with Crippen molar-refractivity contribution in [2.24, 2.45) is 0 Å². The van der Waals surface area contributed by atoms with Gasteiger partial charge in [-0.2, -0.15) is 0 Å². The lowest BCUT2D eigenvalue weighted by Gasteiger charge is -2.41. The molecule has 35 heavy (non-hydrogen) atoms. The summed E-state index contributed by atoms with van der Waals surface area (Å²) >= 11 is 0. The van der Waals surface area contributed by atoms with Crippen molar-refractivity contribution in [1.29, 1.82) is 0 Å². The molecule has 0 saturated carbocycles. The minimum absolute atomic E-state index is 0.225. The highest BCUT2D eigenvalue weighted by Crippen LogP contribution is 2.38. The second-order valence-corrected chi connectivity index (χ2v) is 9.17. The Morgan fingerprint density at radius 2 is 1.86 bits per heavy atom. The zero-order valence-corrected chi connectivity index (χ0v) is 18.9. The predicted molar refractivity (Wildman–Crippen MR) is 116 cm³/mol. The Balaban J connectivity index is 1.51. The van der Waals surface area contributed by atoms with Crippen LogP contribution in [0.15, 0.2) is 54.9 Å². The van der Waals surface area contributed by atoms with Gasteiger partial charge in [0.1, 0.15) is 24.1 Å². The smallest absolute Gasteiger partial charge is 0.387 e. The van der Waals surface area contributed by atoms with Crippen molar-refractivity contribution in [3.8, 4) is 11.1 Å². The molecule has 0 bridgehead atoms. The third-order valence-corrected chi connectivity index (χ3v) is 6.07. The van der Waals surface area contributed by atoms with Gasteiger partial charge in [0, 0.05) is 17.8 Å². The number of aliphatic hydroxyl groups is 3. The molecule has 0 spiro atoms. The molecule has 0 radical (unpaired) electrons. The SMILES string of the molecule is O=C1C=CN([C@@H]2O[C@H](COP(=O)(O)O)C(O)C2O)C(O)N1Cc1cc(-c2ccccc2)c(F)cn1. The lowest BCUT2D eigenvalue weighted by atomic mass is 10.1. The van der Waals surface area contributed by atoms with Crippen molar-refractivity contribution < 1.29 is 48.1 Å². The number of pyridine rings is 1. The standard InChI is InChI=1S/C21H23FN3O9P/c22-15-9-23-13(8-14(15)12-4-2-1-3-5-12)10-25-17(26)6-7-24(21(25)29)20-19(28)18(27)16(34-20)11-33-35(30,31)32/h1-9,16,18-21,27-29H,10-11H2,(H2,30,31,32)/t16-,18?,19?,20-,21?/m1/s1. The highest BCUT2D eigenvalue weighted by atomic mass is 31.2. The minimum atomic E-state index is -4.85. The van der Waals surface area contributed by atoms with Crippen molar-refractivity contribution in [3.05, 3.63) is 66.4 Å². The van der Waals surface area contributed by atoms with Gasteiger partial charge >= 0.3 is 7.82 Å². The molecule has 3 unspecified atom stereocenters. The summed E-state index contributed by atoms with van der Waals surface area (Å²) < 4.78 is 35.1. The Bertz CT molecular complexity index is 1150. The van der Waals surface area contributed by atoms with Gasteiger partial charge in [-0.3, -0.25) is 19.2 Å². The molecule has 14 heteroatoms. The van der Waals surface area contributed by atoms with Crippen molar-refractivity contribution in [3.63, 3.8) is 0 Å². The maximum atomic E-state index is 14.4. The molecule has 2 aliphatic heterocycles. The number of carbonyl (C=O) groups excluding carboxylic acids is 1. The Kier molecular flexibility index (Phi) is 7.31. The van der Waals surface area contributed by atoms with Gasteiger partial charge in [0.2, 0.25) is 6.35 Å². The van der Waals surface area contributed by atoms with Crippen LogP contribution in [-0.4, -0.2) is 83.3 Å². The Morgan fingerprint density at radius 1 is 1.14 bits per heavy atom. The number of aromatic nitrogens is 1. The van der Waals surface area contributed by atoms with Gasteiger partial charge in [-0.05, 0) is 11.6 Å². The van der Waals surface area contributed by atoms with E-state index in [0.29, 0.717) is 5.56 Å². The Morgan fingerprint density at radius 3 is 2.54 bits per heavy atom. The topological polar surface area (TPSA) is 173 Å². The lowest BCUT2D eigenvalue weighted by molar-refractivity contribution is -0.192. The van der Waals surface area contributed by atoms with E-state index in [1.165, 1.54) is 6.07 Å². The molecule has 4 rings (SSSR count). The molecule has 188 valence electrons. The van der Waals surface area contributed by atoms with Crippen molar-refractivity contribution >= 4 is 13.7 Å². The summed E-state index contributed by atoms with van der Waals surface area (Å²) in [6.07, 6.45) is -4.31. The van der Waals surface area contributed by atoms with Crippen LogP contribution in [0, 0.1) is 5.82 Å². The molecule has 3 heterocycles. The molecule has 2 aliphatic rings. The molecule has 1 amide bonds. The summed E-state index contributed by atoms with van der Waals surface area (Å²) in [5, 5.41) is 31.4. The Labute approximate surface area is 198 Å². The van der Waals surface area contributed by atoms with Gasteiger partial charge in [-0.25, -0.2) is 8.96 Å². The average Bonchev–Trinajstić information content (AvgIpc) is 3.10. The van der Waals surface area contributed by atoms with E-state index in [0.717, 1.165) is 28.3 Å². The van der Waals surface area contributed by atoms with Gasteiger partial charge in [-0.1, -0.05) is 30.3 Å². The van der Waals surface area contributed by atoms with E-state index in [-0.39, 0.29) is 17.8 Å². The van der Waals surface area contributed by atoms with Crippen LogP contribution in [0.1, 0.15) is 5.69 Å². The number of hydrogen-bond donors (Lipinski definition) is 5. The summed E-state index contributed by atoms with van der Waals surface area (Å²) in [5.74, 6) is -1.16. The zero-order valence-electron chi connectivity index (χ0n) is 18.0. The number of benzene rings is 1. The summed E-state index contributed by atoms with van der Waals surface area (Å²) in [4.78, 5) is 36.3. The summed E-state index contributed by atoms with van der Waals surface area (Å²) in [5.41, 5.74) is 1.13. The fourth-order valence-corrected chi connectivity index (χ4v) is 4.18. The first-order valence-electron chi connectivity index (χ1n) is 10.4. The largest absolute Gasteiger partial charge is 0.469 e. The van der Waals surface area contributed by atoms with Crippen LogP contribution in [0.3, 0.4) is 0 Å². The van der Waals surface area contributed by atoms with Gasteiger partial charge in [0.05, 0.1) is 25.0 Å². The number of carbonyl (C=O) groups is 1. The van der Waals surface area contributed by atoms with E-state index in [9.17, 15) is 29.1 Å². The van der Waals surface area contributed by atoms with Crippen LogP contribution in [-0.2, 0) is 25.2 Å². The number of halogens is 1. The molecular weight excluding hydrogens is 488 g/mol. The Hall–Kier alpha value is -2.74. The quantitative estimate of drug-likeness (QED) is 0.314. The lowest BCUT2D eigenvalue weighted by Crippen LogP contribution is -2.57. The molecule has 5 atom stereocenters. The fraction of sp³-hybridized carbons (Fsp3) is 0.333. The number of ether oxygens (including phenoxy) is 1. The number of amides is 1. The van der Waals surface area contributed by atoms with Crippen LogP contribution in [0.5, 0.6) is 0 Å². The maximum Gasteiger partial charge on any atom is 0.469 e. The molecule has 1 fully saturated rings. The molecule has 1 saturated heterocycles. The van der Waals surface area contributed by atoms with Gasteiger partial charge < -0.3 is 34.7 Å². The monoisotopic (exact) mass is 511 g/mol. The third-order valence-electron chi connectivity index (χ3n) is 5.58. The summed E-state index contributed by atoms with van der Waals surface area (Å²) in [6, 6.07) is 10.2. The van der Waals surface area contributed by atoms with Gasteiger partial charge in [0.25, 0.3) is 5.91 Å². The van der Waals surface area contributed by atoms with Crippen LogP contribution < -0.4 is 0 Å². The van der Waals surface area contributed by atoms with Gasteiger partial charge in [-0.15, -0.1) is 0 Å². The van der Waals surface area contributed by atoms with Crippen LogP contribution in [0.4, 0.5) is 4.39 Å². The van der Waals surface area contributed by atoms with Crippen LogP contribution in [0.25, 0.3) is 11.1 Å². The minimum Gasteiger partial charge on any atom is -0.387 e. The highest BCUT2D eigenvalue weighted by Gasteiger charge is 2.48. The normalized spacial score (nSPS) is 27.0. The number of aliphatic hydroxyl groups excluding tert-OH is 3. The van der Waals surface area contributed by atoms with E-state index < -0.39 is 57.0 Å². The third kappa shape index (κ3) is 5.58. The summed E-state index contributed by atoms with van der Waals surface area (Å²) in [6.45, 7) is -0.950. The van der Waals surface area contributed by atoms with Crippen molar-refractivity contribution in [1.82, 2.24) is 14.8 Å². The van der Waals surface area contributed by atoms with E-state index in [1.54, 1.807) is 30.3 Å². The van der Waals surface area contributed by atoms with Crippen molar-refractivity contribution in [2.45, 2.75) is 37.4 Å². The first-order valence-corrected chi connectivity index (χ1v) is 11.9. The molecular formula is C21H23FN3O9P. The second kappa shape index (κ2) is 10.1. The number of phosphoric acid groups is 1. The molecule has 1 aromatic heterocycles. The van der Waals surface area contributed by atoms with Crippen molar-refractivity contribution in [2.75, 3.05) is 6.61 Å².